The van der Waals surface area contributed by atoms with E-state index in [1.807, 2.05) is 0 Å². The normalized spacial score (nSPS) is 12.1. The molecular weight excluding hydrogens is 242 g/mol. The molecule has 0 amide bonds. The van der Waals surface area contributed by atoms with Gasteiger partial charge in [0.05, 0.1) is 11.8 Å². The number of azo groups is 1. The highest BCUT2D eigenvalue weighted by molar-refractivity contribution is 6.30. The van der Waals surface area contributed by atoms with Gasteiger partial charge in [-0.2, -0.15) is 10.4 Å². The number of benzene rings is 1. The number of halogens is 1. The molecule has 0 heterocycles. The Labute approximate surface area is 104 Å². The van der Waals surface area contributed by atoms with Crippen molar-refractivity contribution in [2.24, 2.45) is 10.2 Å². The van der Waals surface area contributed by atoms with E-state index in [-0.39, 0.29) is 6.42 Å². The summed E-state index contributed by atoms with van der Waals surface area (Å²) in [5.41, 5.74) is 0.609. The number of carbonyl (C=O) groups is 1. The first kappa shape index (κ1) is 13.1. The van der Waals surface area contributed by atoms with Crippen LogP contribution in [0.15, 0.2) is 34.5 Å². The fraction of sp³-hybridized carbons (Fsp3) is 0.273. The Bertz CT molecular complexity index is 451. The topological polar surface area (TPSA) is 74.8 Å². The molecule has 1 unspecified atom stereocenters. The van der Waals surface area contributed by atoms with Crippen molar-refractivity contribution >= 4 is 23.3 Å². The largest absolute Gasteiger partial charge is 0.438 e. The lowest BCUT2D eigenvalue weighted by Gasteiger charge is -2.04. The summed E-state index contributed by atoms with van der Waals surface area (Å²) in [6.07, 6.45) is -1.01. The van der Waals surface area contributed by atoms with E-state index in [1.165, 1.54) is 0 Å². The van der Waals surface area contributed by atoms with Gasteiger partial charge in [-0.3, -0.25) is 4.79 Å². The van der Waals surface area contributed by atoms with Gasteiger partial charge in [0.15, 0.2) is 0 Å². The van der Waals surface area contributed by atoms with E-state index in [4.69, 9.17) is 21.6 Å². The van der Waals surface area contributed by atoms with Gasteiger partial charge < -0.3 is 4.74 Å². The molecular formula is C11H10ClN3O2. The van der Waals surface area contributed by atoms with Crippen LogP contribution in [0.4, 0.5) is 5.69 Å². The van der Waals surface area contributed by atoms with E-state index in [1.54, 1.807) is 37.3 Å². The molecule has 0 radical (unpaired) electrons. The van der Waals surface area contributed by atoms with E-state index in [2.05, 4.69) is 10.2 Å². The fourth-order valence-corrected chi connectivity index (χ4v) is 1.10. The number of nitrogens with zero attached hydrogens (tertiary/aromatic N) is 3. The van der Waals surface area contributed by atoms with E-state index < -0.39 is 12.2 Å². The summed E-state index contributed by atoms with van der Waals surface area (Å²) >= 11 is 5.71. The molecule has 0 aliphatic heterocycles. The van der Waals surface area contributed by atoms with Crippen LogP contribution >= 0.6 is 11.6 Å². The second-order valence-corrected chi connectivity index (χ2v) is 3.55. The first-order chi connectivity index (χ1) is 8.11. The van der Waals surface area contributed by atoms with Crippen LogP contribution in [0.25, 0.3) is 0 Å². The summed E-state index contributed by atoms with van der Waals surface area (Å²) in [6.45, 7) is 1.56. The summed E-state index contributed by atoms with van der Waals surface area (Å²) in [4.78, 5) is 10.9. The highest BCUT2D eigenvalue weighted by Gasteiger charge is 2.06. The smallest absolute Gasteiger partial charge is 0.322 e. The summed E-state index contributed by atoms with van der Waals surface area (Å²) < 4.78 is 4.79. The quantitative estimate of drug-likeness (QED) is 0.609. The van der Waals surface area contributed by atoms with Crippen LogP contribution in [0, 0.1) is 11.3 Å². The Kier molecular flexibility index (Phi) is 5.11. The van der Waals surface area contributed by atoms with Crippen LogP contribution in [-0.2, 0) is 9.53 Å². The average Bonchev–Trinajstić information content (AvgIpc) is 2.28. The molecule has 0 saturated carbocycles. The van der Waals surface area contributed by atoms with Crippen LogP contribution in [-0.4, -0.2) is 12.2 Å². The molecule has 0 fully saturated rings. The van der Waals surface area contributed by atoms with Crippen LogP contribution < -0.4 is 0 Å². The molecule has 0 aliphatic carbocycles. The highest BCUT2D eigenvalue weighted by Crippen LogP contribution is 2.17. The van der Waals surface area contributed by atoms with Crippen molar-refractivity contribution in [2.75, 3.05) is 0 Å². The van der Waals surface area contributed by atoms with Crippen LogP contribution in [0.3, 0.4) is 0 Å². The molecule has 6 heteroatoms. The van der Waals surface area contributed by atoms with E-state index in [0.29, 0.717) is 10.7 Å². The van der Waals surface area contributed by atoms with Gasteiger partial charge in [-0.05, 0) is 31.2 Å². The Hall–Kier alpha value is -1.93. The van der Waals surface area contributed by atoms with Crippen molar-refractivity contribution in [3.8, 4) is 6.07 Å². The molecule has 0 bridgehead atoms. The molecule has 17 heavy (non-hydrogen) atoms. The predicted molar refractivity (Wildman–Crippen MR) is 61.8 cm³/mol. The monoisotopic (exact) mass is 251 g/mol. The van der Waals surface area contributed by atoms with Gasteiger partial charge in [-0.1, -0.05) is 11.6 Å². The molecule has 88 valence electrons. The first-order valence-corrected chi connectivity index (χ1v) is 5.22. The molecule has 0 saturated heterocycles. The summed E-state index contributed by atoms with van der Waals surface area (Å²) in [5.74, 6) is -0.616. The zero-order valence-electron chi connectivity index (χ0n) is 9.13. The van der Waals surface area contributed by atoms with E-state index in [9.17, 15) is 4.79 Å². The standard InChI is InChI=1S/C11H10ClN3O2/c1-8(17-11(16)6-7-13)14-15-10-4-2-9(12)3-5-10/h2-5,8H,6H2,1H3. The second-order valence-electron chi connectivity index (χ2n) is 3.12. The lowest BCUT2D eigenvalue weighted by atomic mass is 10.3. The number of rotatable bonds is 4. The van der Waals surface area contributed by atoms with Crippen LogP contribution in [0.5, 0.6) is 0 Å². The number of nitriles is 1. The lowest BCUT2D eigenvalue weighted by molar-refractivity contribution is -0.146. The van der Waals surface area contributed by atoms with E-state index in [0.717, 1.165) is 0 Å². The van der Waals surface area contributed by atoms with Crippen molar-refractivity contribution in [3.05, 3.63) is 29.3 Å². The van der Waals surface area contributed by atoms with Gasteiger partial charge in [0, 0.05) is 5.02 Å². The van der Waals surface area contributed by atoms with Crippen LogP contribution in [0.1, 0.15) is 13.3 Å². The minimum Gasteiger partial charge on any atom is -0.438 e. The molecule has 0 aromatic heterocycles. The Morgan fingerprint density at radius 3 is 2.76 bits per heavy atom. The third kappa shape index (κ3) is 5.09. The summed E-state index contributed by atoms with van der Waals surface area (Å²) in [7, 11) is 0. The first-order valence-electron chi connectivity index (χ1n) is 4.84. The highest BCUT2D eigenvalue weighted by atomic mass is 35.5. The third-order valence-corrected chi connectivity index (χ3v) is 1.94. The van der Waals surface area contributed by atoms with Gasteiger partial charge in [-0.25, -0.2) is 0 Å². The fourth-order valence-electron chi connectivity index (χ4n) is 0.976. The predicted octanol–water partition coefficient (Wildman–Crippen LogP) is 3.23. The summed E-state index contributed by atoms with van der Waals surface area (Å²) in [5, 5.41) is 16.5. The van der Waals surface area contributed by atoms with Crippen molar-refractivity contribution < 1.29 is 9.53 Å². The summed E-state index contributed by atoms with van der Waals surface area (Å²) in [6, 6.07) is 8.44. The molecule has 0 aliphatic rings. The maximum Gasteiger partial charge on any atom is 0.322 e. The van der Waals surface area contributed by atoms with Gasteiger partial charge in [0.1, 0.15) is 6.42 Å². The molecule has 0 spiro atoms. The number of ether oxygens (including phenoxy) is 1. The Morgan fingerprint density at radius 1 is 1.53 bits per heavy atom. The molecule has 0 N–H and O–H groups in total. The number of hydrogen-bond donors (Lipinski definition) is 0. The minimum absolute atomic E-state index is 0.291. The molecule has 1 aromatic carbocycles. The average molecular weight is 252 g/mol. The Morgan fingerprint density at radius 2 is 2.18 bits per heavy atom. The van der Waals surface area contributed by atoms with E-state index >= 15 is 0 Å². The zero-order chi connectivity index (χ0) is 12.7. The van der Waals surface area contributed by atoms with Gasteiger partial charge in [0.25, 0.3) is 0 Å². The van der Waals surface area contributed by atoms with Crippen molar-refractivity contribution in [1.82, 2.24) is 0 Å². The molecule has 5 nitrogen and oxygen atoms in total. The van der Waals surface area contributed by atoms with Gasteiger partial charge in [0.2, 0.25) is 6.23 Å². The number of carbonyl (C=O) groups excluding carboxylic acids is 1. The van der Waals surface area contributed by atoms with Crippen molar-refractivity contribution in [1.29, 1.82) is 5.26 Å². The number of hydrogen-bond acceptors (Lipinski definition) is 5. The molecule has 1 rings (SSSR count). The maximum absolute atomic E-state index is 10.9. The van der Waals surface area contributed by atoms with Crippen LogP contribution in [0.2, 0.25) is 5.02 Å². The zero-order valence-corrected chi connectivity index (χ0v) is 9.89. The molecule has 1 aromatic rings. The van der Waals surface area contributed by atoms with Crippen molar-refractivity contribution in [3.63, 3.8) is 0 Å². The Balaban J connectivity index is 2.51. The third-order valence-electron chi connectivity index (χ3n) is 1.69. The van der Waals surface area contributed by atoms with Crippen molar-refractivity contribution in [2.45, 2.75) is 19.6 Å². The maximum atomic E-state index is 10.9. The lowest BCUT2D eigenvalue weighted by Crippen LogP contribution is -2.11. The number of esters is 1. The minimum atomic E-state index is -0.716. The second kappa shape index (κ2) is 6.61. The van der Waals surface area contributed by atoms with Gasteiger partial charge in [-0.15, -0.1) is 5.11 Å². The molecule has 1 atom stereocenters. The van der Waals surface area contributed by atoms with Gasteiger partial charge >= 0.3 is 5.97 Å². The SMILES string of the molecule is CC(N=Nc1ccc(Cl)cc1)OC(=O)CC#N.